The van der Waals surface area contributed by atoms with Crippen molar-refractivity contribution in [2.45, 2.75) is 64.6 Å². The number of ether oxygens (including phenoxy) is 5. The van der Waals surface area contributed by atoms with E-state index in [0.29, 0.717) is 46.1 Å². The number of nitrogens with zero attached hydrogens (tertiary/aromatic N) is 1. The lowest BCUT2D eigenvalue weighted by atomic mass is 9.87. The van der Waals surface area contributed by atoms with Crippen molar-refractivity contribution in [1.82, 2.24) is 4.90 Å². The lowest BCUT2D eigenvalue weighted by Gasteiger charge is -2.49. The summed E-state index contributed by atoms with van der Waals surface area (Å²) in [6.45, 7) is 11.6. The summed E-state index contributed by atoms with van der Waals surface area (Å²) in [6.07, 6.45) is 3.52. The number of carbonyl (C=O) groups is 2. The SMILES string of the molecule is CCC1(OC(C)(C)CC(C)(C)N2C(=O)C=CC2=O)OCC2(COCOC2)CO1. The zero-order valence-electron chi connectivity index (χ0n) is 17.4. The number of carbonyl (C=O) groups excluding carboxylic acids is 2. The third kappa shape index (κ3) is 4.31. The average Bonchev–Trinajstić information content (AvgIpc) is 2.96. The van der Waals surface area contributed by atoms with Gasteiger partial charge in [-0.25, -0.2) is 0 Å². The van der Waals surface area contributed by atoms with Crippen LogP contribution in [0.2, 0.25) is 0 Å². The standard InChI is InChI=1S/C20H31NO7/c1-6-20(26-12-19(13-27-20)10-24-14-25-11-19)28-18(4,5)9-17(2,3)21-15(22)7-8-16(21)23/h7-8H,6,9-14H2,1-5H3. The number of hydrogen-bond acceptors (Lipinski definition) is 7. The molecule has 0 aromatic rings. The molecule has 0 unspecified atom stereocenters. The predicted molar refractivity (Wildman–Crippen MR) is 99.0 cm³/mol. The maximum atomic E-state index is 12.1. The van der Waals surface area contributed by atoms with Crippen LogP contribution in [0.1, 0.15) is 47.5 Å². The van der Waals surface area contributed by atoms with Crippen LogP contribution in [0.4, 0.5) is 0 Å². The van der Waals surface area contributed by atoms with Gasteiger partial charge in [0.2, 0.25) is 0 Å². The van der Waals surface area contributed by atoms with Gasteiger partial charge >= 0.3 is 0 Å². The van der Waals surface area contributed by atoms with Gasteiger partial charge in [-0.15, -0.1) is 0 Å². The Bertz CT molecular complexity index is 621. The van der Waals surface area contributed by atoms with Crippen LogP contribution in [0.25, 0.3) is 0 Å². The maximum Gasteiger partial charge on any atom is 0.283 e. The van der Waals surface area contributed by atoms with Crippen LogP contribution in [-0.2, 0) is 33.3 Å². The molecular weight excluding hydrogens is 366 g/mol. The molecule has 0 N–H and O–H groups in total. The molecule has 2 saturated heterocycles. The Hall–Kier alpha value is -1.32. The fraction of sp³-hybridized carbons (Fsp3) is 0.800. The first-order chi connectivity index (χ1) is 13.0. The van der Waals surface area contributed by atoms with E-state index in [2.05, 4.69) is 0 Å². The molecule has 0 aromatic heterocycles. The van der Waals surface area contributed by atoms with E-state index in [1.807, 2.05) is 34.6 Å². The summed E-state index contributed by atoms with van der Waals surface area (Å²) in [4.78, 5) is 25.5. The van der Waals surface area contributed by atoms with Crippen molar-refractivity contribution in [1.29, 1.82) is 0 Å². The molecule has 2 amide bonds. The van der Waals surface area contributed by atoms with Crippen LogP contribution in [-0.4, -0.2) is 67.0 Å². The Balaban J connectivity index is 1.66. The Morgan fingerprint density at radius 1 is 1.00 bits per heavy atom. The van der Waals surface area contributed by atoms with E-state index in [0.717, 1.165) is 0 Å². The first-order valence-electron chi connectivity index (χ1n) is 9.72. The van der Waals surface area contributed by atoms with Crippen molar-refractivity contribution < 1.29 is 33.3 Å². The number of amides is 2. The van der Waals surface area contributed by atoms with Gasteiger partial charge in [0.15, 0.2) is 0 Å². The lowest BCUT2D eigenvalue weighted by Crippen LogP contribution is -2.59. The summed E-state index contributed by atoms with van der Waals surface area (Å²) in [5.74, 6) is -1.79. The predicted octanol–water partition coefficient (Wildman–Crippen LogP) is 1.98. The van der Waals surface area contributed by atoms with Gasteiger partial charge in [0, 0.05) is 24.1 Å². The largest absolute Gasteiger partial charge is 0.355 e. The number of rotatable bonds is 6. The fourth-order valence-corrected chi connectivity index (χ4v) is 4.30. The van der Waals surface area contributed by atoms with Gasteiger partial charge in [0.25, 0.3) is 17.8 Å². The molecule has 0 atom stereocenters. The highest BCUT2D eigenvalue weighted by Crippen LogP contribution is 2.40. The van der Waals surface area contributed by atoms with Gasteiger partial charge in [-0.3, -0.25) is 14.5 Å². The maximum absolute atomic E-state index is 12.1. The Labute approximate surface area is 166 Å². The molecule has 8 heteroatoms. The molecule has 3 aliphatic rings. The highest BCUT2D eigenvalue weighted by molar-refractivity contribution is 6.13. The monoisotopic (exact) mass is 397 g/mol. The first kappa shape index (κ1) is 21.4. The second kappa shape index (κ2) is 7.50. The highest BCUT2D eigenvalue weighted by atomic mass is 16.9. The Morgan fingerprint density at radius 3 is 2.04 bits per heavy atom. The molecule has 1 spiro atoms. The number of hydrogen-bond donors (Lipinski definition) is 0. The molecule has 0 saturated carbocycles. The van der Waals surface area contributed by atoms with E-state index in [-0.39, 0.29) is 17.2 Å². The summed E-state index contributed by atoms with van der Waals surface area (Å²) in [7, 11) is 0. The van der Waals surface area contributed by atoms with Crippen LogP contribution in [0.5, 0.6) is 0 Å². The van der Waals surface area contributed by atoms with Crippen molar-refractivity contribution in [2.75, 3.05) is 33.2 Å². The minimum atomic E-state index is -1.18. The number of imide groups is 1. The second-order valence-corrected chi connectivity index (χ2v) is 9.12. The van der Waals surface area contributed by atoms with Crippen molar-refractivity contribution >= 4 is 11.8 Å². The molecule has 28 heavy (non-hydrogen) atoms. The van der Waals surface area contributed by atoms with E-state index in [4.69, 9.17) is 23.7 Å². The molecule has 3 rings (SSSR count). The molecule has 158 valence electrons. The summed E-state index contributed by atoms with van der Waals surface area (Å²) < 4.78 is 29.3. The van der Waals surface area contributed by atoms with Crippen LogP contribution < -0.4 is 0 Å². The minimum absolute atomic E-state index is 0.294. The molecule has 0 aromatic carbocycles. The summed E-state index contributed by atoms with van der Waals surface area (Å²) in [5.41, 5.74) is -1.76. The van der Waals surface area contributed by atoms with Gasteiger partial charge in [0.1, 0.15) is 6.79 Å². The normalized spacial score (nSPS) is 25.0. The third-order valence-corrected chi connectivity index (χ3v) is 5.32. The van der Waals surface area contributed by atoms with Gasteiger partial charge in [-0.05, 0) is 34.1 Å². The van der Waals surface area contributed by atoms with Crippen molar-refractivity contribution in [3.8, 4) is 0 Å². The first-order valence-corrected chi connectivity index (χ1v) is 9.72. The molecule has 2 fully saturated rings. The summed E-state index contributed by atoms with van der Waals surface area (Å²) >= 11 is 0. The Morgan fingerprint density at radius 2 is 1.54 bits per heavy atom. The van der Waals surface area contributed by atoms with E-state index >= 15 is 0 Å². The molecule has 0 aliphatic carbocycles. The molecule has 3 aliphatic heterocycles. The smallest absolute Gasteiger partial charge is 0.283 e. The van der Waals surface area contributed by atoms with Gasteiger partial charge in [-0.1, -0.05) is 6.92 Å². The van der Waals surface area contributed by atoms with Gasteiger partial charge in [-0.2, -0.15) is 0 Å². The molecule has 8 nitrogen and oxygen atoms in total. The summed E-state index contributed by atoms with van der Waals surface area (Å²) in [5, 5.41) is 0. The topological polar surface area (TPSA) is 83.5 Å². The summed E-state index contributed by atoms with van der Waals surface area (Å²) in [6, 6.07) is 0. The fourth-order valence-electron chi connectivity index (χ4n) is 4.30. The van der Waals surface area contributed by atoms with Crippen molar-refractivity contribution in [3.05, 3.63) is 12.2 Å². The van der Waals surface area contributed by atoms with E-state index in [9.17, 15) is 9.59 Å². The zero-order chi connectivity index (χ0) is 20.6. The van der Waals surface area contributed by atoms with Gasteiger partial charge < -0.3 is 23.7 Å². The van der Waals surface area contributed by atoms with Crippen LogP contribution in [0.3, 0.4) is 0 Å². The lowest BCUT2D eigenvalue weighted by molar-refractivity contribution is -0.450. The van der Waals surface area contributed by atoms with E-state index < -0.39 is 17.1 Å². The van der Waals surface area contributed by atoms with Crippen LogP contribution >= 0.6 is 0 Å². The zero-order valence-corrected chi connectivity index (χ0v) is 17.4. The minimum Gasteiger partial charge on any atom is -0.355 e. The van der Waals surface area contributed by atoms with E-state index in [1.165, 1.54) is 17.1 Å². The van der Waals surface area contributed by atoms with E-state index in [1.54, 1.807) is 0 Å². The molecule has 3 heterocycles. The molecular formula is C20H31NO7. The molecule has 0 radical (unpaired) electrons. The quantitative estimate of drug-likeness (QED) is 0.634. The van der Waals surface area contributed by atoms with Crippen molar-refractivity contribution in [2.24, 2.45) is 5.41 Å². The van der Waals surface area contributed by atoms with Gasteiger partial charge in [0.05, 0.1) is 37.4 Å². The Kier molecular flexibility index (Phi) is 5.73. The molecule has 0 bridgehead atoms. The van der Waals surface area contributed by atoms with Crippen molar-refractivity contribution in [3.63, 3.8) is 0 Å². The third-order valence-electron chi connectivity index (χ3n) is 5.32. The average molecular weight is 397 g/mol. The van der Waals surface area contributed by atoms with Crippen LogP contribution in [0, 0.1) is 5.41 Å². The highest BCUT2D eigenvalue weighted by Gasteiger charge is 2.50. The second-order valence-electron chi connectivity index (χ2n) is 9.12. The van der Waals surface area contributed by atoms with Crippen LogP contribution in [0.15, 0.2) is 12.2 Å².